The lowest BCUT2D eigenvalue weighted by Gasteiger charge is -2.39. The SMILES string of the molecule is CN(C)C(=O)c1cc2cnc(Nc3ccc(N4CCN(CCN5CCN(c6cc7c(cc6F)C(=O)N(C6CCC(=O)NC6=O)C7)CC5)CC4)cn3)nc2n1C1CCCC1. The number of carbonyl (C=O) groups excluding carboxylic acids is 4. The van der Waals surface area contributed by atoms with Crippen molar-refractivity contribution in [2.45, 2.75) is 57.2 Å². The number of imide groups is 1. The van der Waals surface area contributed by atoms with Crippen molar-refractivity contribution >= 4 is 57.8 Å². The molecular formula is C42H51FN12O4. The maximum atomic E-state index is 15.4. The second-order valence-electron chi connectivity index (χ2n) is 16.6. The van der Waals surface area contributed by atoms with Gasteiger partial charge in [0.2, 0.25) is 17.8 Å². The third-order valence-corrected chi connectivity index (χ3v) is 12.7. The van der Waals surface area contributed by atoms with Crippen molar-refractivity contribution < 1.29 is 23.6 Å². The van der Waals surface area contributed by atoms with E-state index in [1.807, 2.05) is 23.2 Å². The van der Waals surface area contributed by atoms with Gasteiger partial charge >= 0.3 is 0 Å². The second-order valence-corrected chi connectivity index (χ2v) is 16.6. The van der Waals surface area contributed by atoms with Crippen LogP contribution in [0.25, 0.3) is 11.0 Å². The fourth-order valence-electron chi connectivity index (χ4n) is 9.30. The number of benzene rings is 1. The first-order valence-electron chi connectivity index (χ1n) is 20.8. The Bertz CT molecular complexity index is 2260. The predicted octanol–water partition coefficient (Wildman–Crippen LogP) is 3.23. The number of carbonyl (C=O) groups is 4. The maximum absolute atomic E-state index is 15.4. The molecule has 17 heteroatoms. The summed E-state index contributed by atoms with van der Waals surface area (Å²) in [5.74, 6) is -0.536. The summed E-state index contributed by atoms with van der Waals surface area (Å²) in [4.78, 5) is 76.7. The Kier molecular flexibility index (Phi) is 10.6. The number of hydrogen-bond donors (Lipinski definition) is 2. The smallest absolute Gasteiger partial charge is 0.270 e. The normalized spacial score (nSPS) is 20.8. The second kappa shape index (κ2) is 16.2. The monoisotopic (exact) mass is 806 g/mol. The average Bonchev–Trinajstić information content (AvgIpc) is 3.98. The van der Waals surface area contributed by atoms with Gasteiger partial charge in [0.1, 0.15) is 29.0 Å². The zero-order valence-electron chi connectivity index (χ0n) is 33.7. The Morgan fingerprint density at radius 2 is 1.59 bits per heavy atom. The molecule has 2 N–H and O–H groups in total. The summed E-state index contributed by atoms with van der Waals surface area (Å²) in [5.41, 5.74) is 3.98. The highest BCUT2D eigenvalue weighted by Gasteiger charge is 2.40. The summed E-state index contributed by atoms with van der Waals surface area (Å²) >= 11 is 0. The van der Waals surface area contributed by atoms with Gasteiger partial charge in [-0.1, -0.05) is 12.8 Å². The molecule has 4 amide bonds. The van der Waals surface area contributed by atoms with Crippen LogP contribution in [0.1, 0.15) is 71.0 Å². The van der Waals surface area contributed by atoms with Crippen LogP contribution in [0.3, 0.4) is 0 Å². The van der Waals surface area contributed by atoms with E-state index in [2.05, 4.69) is 41.0 Å². The summed E-state index contributed by atoms with van der Waals surface area (Å²) in [7, 11) is 3.55. The van der Waals surface area contributed by atoms with Gasteiger partial charge in [-0.05, 0) is 55.2 Å². The van der Waals surface area contributed by atoms with Gasteiger partial charge in [0.15, 0.2) is 0 Å². The number of hydrogen-bond acceptors (Lipinski definition) is 12. The van der Waals surface area contributed by atoms with Crippen molar-refractivity contribution in [2.75, 3.05) is 94.7 Å². The first-order chi connectivity index (χ1) is 28.6. The van der Waals surface area contributed by atoms with E-state index in [1.165, 1.54) is 11.0 Å². The minimum atomic E-state index is -0.723. The molecule has 0 spiro atoms. The molecule has 3 saturated heterocycles. The Morgan fingerprint density at radius 3 is 2.25 bits per heavy atom. The molecule has 1 aliphatic carbocycles. The van der Waals surface area contributed by atoms with Gasteiger partial charge in [-0.25, -0.2) is 14.4 Å². The summed E-state index contributed by atoms with van der Waals surface area (Å²) in [6.07, 6.45) is 8.48. The lowest BCUT2D eigenvalue weighted by molar-refractivity contribution is -0.136. The van der Waals surface area contributed by atoms with E-state index >= 15 is 4.39 Å². The number of amides is 4. The molecule has 1 aromatic carbocycles. The van der Waals surface area contributed by atoms with Crippen LogP contribution in [-0.2, 0) is 16.1 Å². The van der Waals surface area contributed by atoms with Crippen LogP contribution in [-0.4, -0.2) is 148 Å². The molecule has 1 unspecified atom stereocenters. The molecule has 0 radical (unpaired) electrons. The topological polar surface area (TPSA) is 155 Å². The van der Waals surface area contributed by atoms with Gasteiger partial charge in [-0.3, -0.25) is 34.3 Å². The van der Waals surface area contributed by atoms with Crippen molar-refractivity contribution in [3.8, 4) is 0 Å². The van der Waals surface area contributed by atoms with Crippen LogP contribution >= 0.6 is 0 Å². The molecule has 59 heavy (non-hydrogen) atoms. The molecule has 3 aromatic heterocycles. The number of pyridine rings is 1. The van der Waals surface area contributed by atoms with Crippen LogP contribution in [0.5, 0.6) is 0 Å². The molecule has 7 heterocycles. The highest BCUT2D eigenvalue weighted by Crippen LogP contribution is 2.36. The van der Waals surface area contributed by atoms with Crippen molar-refractivity contribution in [1.82, 2.24) is 44.4 Å². The van der Waals surface area contributed by atoms with Crippen LogP contribution in [0.4, 0.5) is 27.5 Å². The highest BCUT2D eigenvalue weighted by molar-refractivity contribution is 6.05. The van der Waals surface area contributed by atoms with E-state index in [-0.39, 0.29) is 43.1 Å². The number of nitrogens with zero attached hydrogens (tertiary/aromatic N) is 10. The molecule has 310 valence electrons. The van der Waals surface area contributed by atoms with E-state index < -0.39 is 17.8 Å². The van der Waals surface area contributed by atoms with Crippen molar-refractivity contribution in [1.29, 1.82) is 0 Å². The van der Waals surface area contributed by atoms with Crippen molar-refractivity contribution in [3.63, 3.8) is 0 Å². The number of fused-ring (bicyclic) bond motifs is 2. The number of halogens is 1. The molecule has 4 fully saturated rings. The average molecular weight is 807 g/mol. The minimum absolute atomic E-state index is 0.0334. The largest absolute Gasteiger partial charge is 0.368 e. The third-order valence-electron chi connectivity index (χ3n) is 12.7. The Morgan fingerprint density at radius 1 is 0.881 bits per heavy atom. The van der Waals surface area contributed by atoms with E-state index in [1.54, 1.807) is 31.3 Å². The summed E-state index contributed by atoms with van der Waals surface area (Å²) < 4.78 is 17.5. The third kappa shape index (κ3) is 7.80. The molecule has 9 rings (SSSR count). The Labute approximate surface area is 342 Å². The Balaban J connectivity index is 0.742. The van der Waals surface area contributed by atoms with E-state index in [9.17, 15) is 19.2 Å². The standard InChI is InChI=1S/C42H51FN12O4/c1-49(2)41(59)35-21-27-24-45-42(48-38(27)55(35)29-5-3-4-6-29)46-36-9-7-30(25-44-36)52-17-13-50(14-18-52)11-12-51-15-19-53(20-16-51)34-22-28-26-54(40(58)31(28)23-32(34)43)33-8-10-37(56)47-39(33)57/h7,9,21-25,29,33H,3-6,8,10-20,26H2,1-2H3,(H,47,56,57)(H,44,45,46,48). The molecule has 4 aliphatic heterocycles. The van der Waals surface area contributed by atoms with Crippen molar-refractivity contribution in [2.24, 2.45) is 0 Å². The molecule has 16 nitrogen and oxygen atoms in total. The van der Waals surface area contributed by atoms with Gasteiger partial charge in [0, 0.05) is 116 Å². The van der Waals surface area contributed by atoms with Crippen LogP contribution in [0.2, 0.25) is 0 Å². The quantitative estimate of drug-likeness (QED) is 0.226. The maximum Gasteiger partial charge on any atom is 0.270 e. The first kappa shape index (κ1) is 38.8. The van der Waals surface area contributed by atoms with Crippen LogP contribution in [0, 0.1) is 5.82 Å². The van der Waals surface area contributed by atoms with Gasteiger partial charge in [-0.15, -0.1) is 0 Å². The highest BCUT2D eigenvalue weighted by atomic mass is 19.1. The number of piperidine rings is 1. The molecule has 1 saturated carbocycles. The van der Waals surface area contributed by atoms with Gasteiger partial charge in [-0.2, -0.15) is 4.98 Å². The van der Waals surface area contributed by atoms with E-state index in [4.69, 9.17) is 9.97 Å². The molecule has 0 bridgehead atoms. The number of nitrogens with one attached hydrogen (secondary N) is 2. The molecular weight excluding hydrogens is 756 g/mol. The number of piperazine rings is 2. The number of aromatic nitrogens is 4. The fraction of sp³-hybridized carbons (Fsp3) is 0.500. The zero-order chi connectivity index (χ0) is 40.8. The van der Waals surface area contributed by atoms with Gasteiger partial charge in [0.05, 0.1) is 17.6 Å². The number of anilines is 4. The van der Waals surface area contributed by atoms with Crippen LogP contribution in [0.15, 0.2) is 42.7 Å². The van der Waals surface area contributed by atoms with E-state index in [0.717, 1.165) is 94.8 Å². The lowest BCUT2D eigenvalue weighted by Crippen LogP contribution is -2.52. The number of rotatable bonds is 10. The van der Waals surface area contributed by atoms with Gasteiger partial charge in [0.25, 0.3) is 11.8 Å². The van der Waals surface area contributed by atoms with Gasteiger partial charge < -0.3 is 29.5 Å². The summed E-state index contributed by atoms with van der Waals surface area (Å²) in [6.45, 7) is 8.80. The summed E-state index contributed by atoms with van der Waals surface area (Å²) in [5, 5.41) is 6.44. The molecule has 1 atom stereocenters. The fourth-order valence-corrected chi connectivity index (χ4v) is 9.30. The molecule has 4 aromatic rings. The van der Waals surface area contributed by atoms with Crippen LogP contribution < -0.4 is 20.4 Å². The van der Waals surface area contributed by atoms with E-state index in [0.29, 0.717) is 47.4 Å². The first-order valence-corrected chi connectivity index (χ1v) is 20.8. The lowest BCUT2D eigenvalue weighted by atomic mass is 10.0. The zero-order valence-corrected chi connectivity index (χ0v) is 33.7. The Hall–Kier alpha value is -5.68. The predicted molar refractivity (Wildman–Crippen MR) is 220 cm³/mol. The summed E-state index contributed by atoms with van der Waals surface area (Å²) in [6, 6.07) is 8.54. The van der Waals surface area contributed by atoms with Crippen molar-refractivity contribution in [3.05, 3.63) is 65.4 Å². The minimum Gasteiger partial charge on any atom is -0.368 e. The molecule has 5 aliphatic rings.